The zero-order valence-corrected chi connectivity index (χ0v) is 15.1. The van der Waals surface area contributed by atoms with Gasteiger partial charge in [0.15, 0.2) is 5.96 Å². The van der Waals surface area contributed by atoms with E-state index in [1.54, 1.807) is 18.4 Å². The van der Waals surface area contributed by atoms with Crippen LogP contribution in [0.25, 0.3) is 0 Å². The van der Waals surface area contributed by atoms with Crippen LogP contribution in [0.5, 0.6) is 5.75 Å². The number of rotatable bonds is 9. The molecule has 1 aromatic carbocycles. The monoisotopic (exact) mass is 347 g/mol. The van der Waals surface area contributed by atoms with E-state index in [2.05, 4.69) is 51.5 Å². The molecule has 0 atom stereocenters. The van der Waals surface area contributed by atoms with Gasteiger partial charge in [-0.1, -0.05) is 12.1 Å². The summed E-state index contributed by atoms with van der Waals surface area (Å²) >= 11 is 1.69. The fraction of sp³-hybridized carbons (Fsp3) is 0.389. The number of nitrogens with one attached hydrogen (secondary N) is 2. The van der Waals surface area contributed by atoms with Crippen LogP contribution in [0.3, 0.4) is 0 Å². The molecular weight excluding hydrogens is 322 g/mol. The van der Waals surface area contributed by atoms with Crippen LogP contribution in [-0.4, -0.2) is 32.8 Å². The van der Waals surface area contributed by atoms with Gasteiger partial charge in [-0.15, -0.1) is 0 Å². The Morgan fingerprint density at radius 2 is 1.92 bits per heavy atom. The van der Waals surface area contributed by atoms with Crippen molar-refractivity contribution in [3.8, 4) is 5.75 Å². The second kappa shape index (κ2) is 10.7. The molecule has 130 valence electrons. The smallest absolute Gasteiger partial charge is 0.191 e. The molecular formula is C18H25N3O2S. The molecule has 24 heavy (non-hydrogen) atoms. The number of hydrogen-bond acceptors (Lipinski definition) is 4. The molecule has 0 saturated heterocycles. The first-order valence-electron chi connectivity index (χ1n) is 8.05. The van der Waals surface area contributed by atoms with Gasteiger partial charge in [-0.05, 0) is 47.0 Å². The summed E-state index contributed by atoms with van der Waals surface area (Å²) in [6.07, 6.45) is 0. The number of methoxy groups -OCH3 is 1. The Kier molecular flexibility index (Phi) is 8.13. The van der Waals surface area contributed by atoms with Crippen LogP contribution >= 0.6 is 11.3 Å². The maximum Gasteiger partial charge on any atom is 0.191 e. The Morgan fingerprint density at radius 3 is 2.58 bits per heavy atom. The number of ether oxygens (including phenoxy) is 2. The predicted molar refractivity (Wildman–Crippen MR) is 99.8 cm³/mol. The van der Waals surface area contributed by atoms with E-state index in [0.29, 0.717) is 26.3 Å². The molecule has 0 fully saturated rings. The third kappa shape index (κ3) is 6.60. The van der Waals surface area contributed by atoms with Crippen molar-refractivity contribution in [1.29, 1.82) is 0 Å². The van der Waals surface area contributed by atoms with Gasteiger partial charge in [-0.25, -0.2) is 4.99 Å². The van der Waals surface area contributed by atoms with Crippen LogP contribution in [0.4, 0.5) is 0 Å². The number of thiophene rings is 1. The van der Waals surface area contributed by atoms with Gasteiger partial charge in [-0.2, -0.15) is 11.3 Å². The standard InChI is InChI=1S/C18H25N3O2S/c1-3-19-18(21-13-16-8-11-24-14-16)20-12-15-4-6-17(7-5-15)23-10-9-22-2/h4-8,11,14H,3,9-10,12-13H2,1-2H3,(H2,19,20,21). The average molecular weight is 347 g/mol. The van der Waals surface area contributed by atoms with Gasteiger partial charge in [-0.3, -0.25) is 0 Å². The lowest BCUT2D eigenvalue weighted by atomic mass is 10.2. The molecule has 0 bridgehead atoms. The predicted octanol–water partition coefficient (Wildman–Crippen LogP) is 3.03. The van der Waals surface area contributed by atoms with E-state index in [4.69, 9.17) is 9.47 Å². The Hall–Kier alpha value is -2.05. The van der Waals surface area contributed by atoms with Gasteiger partial charge in [0.2, 0.25) is 0 Å². The number of guanidine groups is 1. The molecule has 2 rings (SSSR count). The largest absolute Gasteiger partial charge is 0.491 e. The summed E-state index contributed by atoms with van der Waals surface area (Å²) in [6.45, 7) is 5.46. The van der Waals surface area contributed by atoms with Crippen LogP contribution < -0.4 is 15.4 Å². The van der Waals surface area contributed by atoms with Crippen molar-refractivity contribution in [3.05, 3.63) is 52.2 Å². The van der Waals surface area contributed by atoms with E-state index in [0.717, 1.165) is 18.3 Å². The van der Waals surface area contributed by atoms with Crippen molar-refractivity contribution in [3.63, 3.8) is 0 Å². The molecule has 0 spiro atoms. The first kappa shape index (κ1) is 18.3. The lowest BCUT2D eigenvalue weighted by Gasteiger charge is -2.12. The Balaban J connectivity index is 1.83. The Bertz CT molecular complexity index is 597. The first-order chi connectivity index (χ1) is 11.8. The summed E-state index contributed by atoms with van der Waals surface area (Å²) in [5, 5.41) is 10.8. The molecule has 5 nitrogen and oxygen atoms in total. The van der Waals surface area contributed by atoms with Crippen molar-refractivity contribution in [2.45, 2.75) is 20.0 Å². The summed E-state index contributed by atoms with van der Waals surface area (Å²) < 4.78 is 10.5. The average Bonchev–Trinajstić information content (AvgIpc) is 3.12. The Labute approximate surface area is 147 Å². The fourth-order valence-electron chi connectivity index (χ4n) is 2.03. The summed E-state index contributed by atoms with van der Waals surface area (Å²) in [5.41, 5.74) is 2.41. The highest BCUT2D eigenvalue weighted by Crippen LogP contribution is 2.12. The van der Waals surface area contributed by atoms with Crippen LogP contribution in [0.2, 0.25) is 0 Å². The number of benzene rings is 1. The molecule has 0 radical (unpaired) electrons. The van der Waals surface area contributed by atoms with Crippen molar-refractivity contribution >= 4 is 17.3 Å². The van der Waals surface area contributed by atoms with E-state index in [1.807, 2.05) is 12.1 Å². The summed E-state index contributed by atoms with van der Waals surface area (Å²) in [6, 6.07) is 10.2. The minimum atomic E-state index is 0.563. The highest BCUT2D eigenvalue weighted by atomic mass is 32.1. The molecule has 2 N–H and O–H groups in total. The maximum absolute atomic E-state index is 5.56. The first-order valence-corrected chi connectivity index (χ1v) is 9.00. The van der Waals surface area contributed by atoms with Crippen molar-refractivity contribution < 1.29 is 9.47 Å². The van der Waals surface area contributed by atoms with Crippen LogP contribution in [0.1, 0.15) is 18.1 Å². The second-order valence-corrected chi connectivity index (χ2v) is 5.95. The van der Waals surface area contributed by atoms with Gasteiger partial charge < -0.3 is 20.1 Å². The molecule has 6 heteroatoms. The van der Waals surface area contributed by atoms with Gasteiger partial charge in [0, 0.05) is 20.2 Å². The quantitative estimate of drug-likeness (QED) is 0.416. The van der Waals surface area contributed by atoms with E-state index >= 15 is 0 Å². The van der Waals surface area contributed by atoms with Crippen LogP contribution in [-0.2, 0) is 17.8 Å². The Morgan fingerprint density at radius 1 is 1.08 bits per heavy atom. The van der Waals surface area contributed by atoms with Crippen molar-refractivity contribution in [2.75, 3.05) is 26.9 Å². The lowest BCUT2D eigenvalue weighted by Crippen LogP contribution is -2.36. The van der Waals surface area contributed by atoms with E-state index in [9.17, 15) is 0 Å². The van der Waals surface area contributed by atoms with E-state index in [-0.39, 0.29) is 0 Å². The normalized spacial score (nSPS) is 11.3. The number of nitrogens with zero attached hydrogens (tertiary/aromatic N) is 1. The molecule has 0 unspecified atom stereocenters. The highest BCUT2D eigenvalue weighted by Gasteiger charge is 2.00. The summed E-state index contributed by atoms with van der Waals surface area (Å²) in [4.78, 5) is 4.60. The molecule has 1 aromatic heterocycles. The number of aliphatic imine (C=N–C) groups is 1. The summed E-state index contributed by atoms with van der Waals surface area (Å²) in [7, 11) is 1.67. The third-order valence-corrected chi connectivity index (χ3v) is 4.02. The zero-order chi connectivity index (χ0) is 17.0. The molecule has 0 aliphatic carbocycles. The van der Waals surface area contributed by atoms with Crippen molar-refractivity contribution in [1.82, 2.24) is 10.6 Å². The molecule has 2 aromatic rings. The molecule has 0 aliphatic heterocycles. The van der Waals surface area contributed by atoms with Crippen LogP contribution in [0, 0.1) is 0 Å². The SMILES string of the molecule is CCNC(=NCc1ccsc1)NCc1ccc(OCCOC)cc1. The van der Waals surface area contributed by atoms with E-state index in [1.165, 1.54) is 11.1 Å². The second-order valence-electron chi connectivity index (χ2n) is 5.17. The van der Waals surface area contributed by atoms with Gasteiger partial charge in [0.1, 0.15) is 12.4 Å². The van der Waals surface area contributed by atoms with Crippen LogP contribution in [0.15, 0.2) is 46.1 Å². The van der Waals surface area contributed by atoms with Gasteiger partial charge >= 0.3 is 0 Å². The molecule has 0 amide bonds. The topological polar surface area (TPSA) is 54.9 Å². The molecule has 0 aliphatic rings. The van der Waals surface area contributed by atoms with E-state index < -0.39 is 0 Å². The number of hydrogen-bond donors (Lipinski definition) is 2. The minimum Gasteiger partial charge on any atom is -0.491 e. The third-order valence-electron chi connectivity index (χ3n) is 3.28. The molecule has 1 heterocycles. The fourth-order valence-corrected chi connectivity index (χ4v) is 2.69. The van der Waals surface area contributed by atoms with Gasteiger partial charge in [0.25, 0.3) is 0 Å². The highest BCUT2D eigenvalue weighted by molar-refractivity contribution is 7.07. The van der Waals surface area contributed by atoms with Gasteiger partial charge in [0.05, 0.1) is 13.2 Å². The van der Waals surface area contributed by atoms with Crippen molar-refractivity contribution in [2.24, 2.45) is 4.99 Å². The molecule has 0 saturated carbocycles. The maximum atomic E-state index is 5.56. The summed E-state index contributed by atoms with van der Waals surface area (Å²) in [5.74, 6) is 1.68. The zero-order valence-electron chi connectivity index (χ0n) is 14.2. The minimum absolute atomic E-state index is 0.563. The lowest BCUT2D eigenvalue weighted by molar-refractivity contribution is 0.146.